The molecule has 2 aromatic rings. The maximum atomic E-state index is 5.64. The molecule has 2 N–H and O–H groups in total. The van der Waals surface area contributed by atoms with Crippen LogP contribution in [-0.4, -0.2) is 16.3 Å². The van der Waals surface area contributed by atoms with Crippen molar-refractivity contribution in [2.45, 2.75) is 26.7 Å². The normalized spacial score (nSPS) is 10.9. The first kappa shape index (κ1) is 13.3. The van der Waals surface area contributed by atoms with Gasteiger partial charge in [0.15, 0.2) is 0 Å². The SMILES string of the molecule is CCc1c(CCN)cnn1-c1ccc(C)cc1Br. The molecule has 0 atom stereocenters. The first-order valence-electron chi connectivity index (χ1n) is 6.19. The van der Waals surface area contributed by atoms with Crippen LogP contribution in [0.3, 0.4) is 0 Å². The van der Waals surface area contributed by atoms with Gasteiger partial charge in [0.05, 0.1) is 11.9 Å². The van der Waals surface area contributed by atoms with Crippen LogP contribution < -0.4 is 5.73 Å². The zero-order chi connectivity index (χ0) is 13.1. The summed E-state index contributed by atoms with van der Waals surface area (Å²) in [6, 6.07) is 6.31. The zero-order valence-corrected chi connectivity index (χ0v) is 12.4. The van der Waals surface area contributed by atoms with Crippen molar-refractivity contribution in [3.63, 3.8) is 0 Å². The number of nitrogens with zero attached hydrogens (tertiary/aromatic N) is 2. The van der Waals surface area contributed by atoms with Gasteiger partial charge in [-0.15, -0.1) is 0 Å². The molecule has 0 aliphatic carbocycles. The smallest absolute Gasteiger partial charge is 0.0791 e. The maximum Gasteiger partial charge on any atom is 0.0791 e. The third-order valence-electron chi connectivity index (χ3n) is 3.04. The molecule has 0 aliphatic heterocycles. The minimum absolute atomic E-state index is 0.660. The lowest BCUT2D eigenvalue weighted by molar-refractivity contribution is 0.802. The topological polar surface area (TPSA) is 43.8 Å². The highest BCUT2D eigenvalue weighted by atomic mass is 79.9. The molecule has 0 saturated heterocycles. The lowest BCUT2D eigenvalue weighted by Crippen LogP contribution is -2.07. The molecule has 0 radical (unpaired) electrons. The number of benzene rings is 1. The third-order valence-corrected chi connectivity index (χ3v) is 3.67. The van der Waals surface area contributed by atoms with Crippen molar-refractivity contribution in [3.8, 4) is 5.69 Å². The second-order valence-electron chi connectivity index (χ2n) is 4.38. The molecule has 0 spiro atoms. The van der Waals surface area contributed by atoms with Gasteiger partial charge < -0.3 is 5.73 Å². The molecule has 0 unspecified atom stereocenters. The average Bonchev–Trinajstić information content (AvgIpc) is 2.72. The monoisotopic (exact) mass is 307 g/mol. The van der Waals surface area contributed by atoms with Crippen LogP contribution in [0.1, 0.15) is 23.7 Å². The molecule has 1 aromatic carbocycles. The summed E-state index contributed by atoms with van der Waals surface area (Å²) in [6.07, 6.45) is 3.76. The van der Waals surface area contributed by atoms with E-state index in [9.17, 15) is 0 Å². The van der Waals surface area contributed by atoms with E-state index in [2.05, 4.69) is 53.1 Å². The standard InChI is InChI=1S/C14H18BrN3/c1-3-13-11(6-7-16)9-17-18(13)14-5-4-10(2)8-12(14)15/h4-5,8-9H,3,6-7,16H2,1-2H3. The predicted octanol–water partition coefficient (Wildman–Crippen LogP) is 3.01. The molecular weight excluding hydrogens is 290 g/mol. The van der Waals surface area contributed by atoms with E-state index in [1.165, 1.54) is 16.8 Å². The summed E-state index contributed by atoms with van der Waals surface area (Å²) < 4.78 is 3.08. The van der Waals surface area contributed by atoms with Gasteiger partial charge in [-0.1, -0.05) is 13.0 Å². The van der Waals surface area contributed by atoms with Crippen LogP contribution >= 0.6 is 15.9 Å². The van der Waals surface area contributed by atoms with E-state index in [-0.39, 0.29) is 0 Å². The number of hydrogen-bond donors (Lipinski definition) is 1. The highest BCUT2D eigenvalue weighted by Gasteiger charge is 2.12. The van der Waals surface area contributed by atoms with Crippen molar-refractivity contribution in [1.82, 2.24) is 9.78 Å². The fourth-order valence-electron chi connectivity index (χ4n) is 2.14. The summed E-state index contributed by atoms with van der Waals surface area (Å²) in [5, 5.41) is 4.50. The molecule has 0 fully saturated rings. The van der Waals surface area contributed by atoms with Gasteiger partial charge in [0, 0.05) is 10.2 Å². The Morgan fingerprint density at radius 1 is 1.39 bits per heavy atom. The van der Waals surface area contributed by atoms with Gasteiger partial charge in [0.25, 0.3) is 0 Å². The van der Waals surface area contributed by atoms with Gasteiger partial charge in [0.2, 0.25) is 0 Å². The van der Waals surface area contributed by atoms with Gasteiger partial charge in [-0.3, -0.25) is 0 Å². The van der Waals surface area contributed by atoms with Crippen LogP contribution in [0, 0.1) is 6.92 Å². The number of aromatic nitrogens is 2. The minimum atomic E-state index is 0.660. The molecule has 0 amide bonds. The Hall–Kier alpha value is -1.13. The molecule has 0 aliphatic rings. The summed E-state index contributed by atoms with van der Waals surface area (Å²) in [4.78, 5) is 0. The molecule has 1 aromatic heterocycles. The summed E-state index contributed by atoms with van der Waals surface area (Å²) in [5.41, 5.74) is 10.4. The summed E-state index contributed by atoms with van der Waals surface area (Å²) in [5.74, 6) is 0. The molecule has 3 nitrogen and oxygen atoms in total. The number of hydrogen-bond acceptors (Lipinski definition) is 2. The molecule has 4 heteroatoms. The summed E-state index contributed by atoms with van der Waals surface area (Å²) in [6.45, 7) is 4.89. The Kier molecular flexibility index (Phi) is 4.19. The van der Waals surface area contributed by atoms with Gasteiger partial charge >= 0.3 is 0 Å². The van der Waals surface area contributed by atoms with Crippen LogP contribution in [0.25, 0.3) is 5.69 Å². The Morgan fingerprint density at radius 2 is 2.17 bits per heavy atom. The largest absolute Gasteiger partial charge is 0.330 e. The second kappa shape index (κ2) is 5.67. The highest BCUT2D eigenvalue weighted by molar-refractivity contribution is 9.10. The minimum Gasteiger partial charge on any atom is -0.330 e. The number of halogens is 1. The van der Waals surface area contributed by atoms with Crippen LogP contribution in [0.5, 0.6) is 0 Å². The van der Waals surface area contributed by atoms with Gasteiger partial charge in [0.1, 0.15) is 0 Å². The summed E-state index contributed by atoms with van der Waals surface area (Å²) >= 11 is 3.61. The first-order chi connectivity index (χ1) is 8.67. The van der Waals surface area contributed by atoms with E-state index in [4.69, 9.17) is 5.73 Å². The Morgan fingerprint density at radius 3 is 2.78 bits per heavy atom. The van der Waals surface area contributed by atoms with E-state index in [1.807, 2.05) is 10.9 Å². The quantitative estimate of drug-likeness (QED) is 0.943. The van der Waals surface area contributed by atoms with Crippen LogP contribution in [0.4, 0.5) is 0 Å². The van der Waals surface area contributed by atoms with Crippen LogP contribution in [0.2, 0.25) is 0 Å². The molecule has 0 saturated carbocycles. The van der Waals surface area contributed by atoms with Gasteiger partial charge in [-0.25, -0.2) is 4.68 Å². The van der Waals surface area contributed by atoms with Crippen LogP contribution in [-0.2, 0) is 12.8 Å². The van der Waals surface area contributed by atoms with E-state index < -0.39 is 0 Å². The Balaban J connectivity index is 2.50. The van der Waals surface area contributed by atoms with Crippen molar-refractivity contribution in [2.75, 3.05) is 6.54 Å². The molecule has 2 rings (SSSR count). The Bertz CT molecular complexity index is 546. The molecule has 1 heterocycles. The van der Waals surface area contributed by atoms with E-state index in [0.29, 0.717) is 6.54 Å². The highest BCUT2D eigenvalue weighted by Crippen LogP contribution is 2.24. The van der Waals surface area contributed by atoms with Crippen molar-refractivity contribution in [2.24, 2.45) is 5.73 Å². The van der Waals surface area contributed by atoms with Gasteiger partial charge in [-0.05, 0) is 65.5 Å². The lowest BCUT2D eigenvalue weighted by atomic mass is 10.1. The number of aryl methyl sites for hydroxylation is 1. The lowest BCUT2D eigenvalue weighted by Gasteiger charge is -2.10. The number of nitrogens with two attached hydrogens (primary N) is 1. The number of rotatable bonds is 4. The fraction of sp³-hybridized carbons (Fsp3) is 0.357. The predicted molar refractivity (Wildman–Crippen MR) is 78.1 cm³/mol. The van der Waals surface area contributed by atoms with E-state index >= 15 is 0 Å². The van der Waals surface area contributed by atoms with Crippen molar-refractivity contribution in [1.29, 1.82) is 0 Å². The third kappa shape index (κ3) is 2.49. The molecule has 96 valence electrons. The van der Waals surface area contributed by atoms with Crippen molar-refractivity contribution >= 4 is 15.9 Å². The summed E-state index contributed by atoms with van der Waals surface area (Å²) in [7, 11) is 0. The molecule has 0 bridgehead atoms. The van der Waals surface area contributed by atoms with Gasteiger partial charge in [-0.2, -0.15) is 5.10 Å². The zero-order valence-electron chi connectivity index (χ0n) is 10.8. The van der Waals surface area contributed by atoms with Crippen molar-refractivity contribution < 1.29 is 0 Å². The first-order valence-corrected chi connectivity index (χ1v) is 6.99. The average molecular weight is 308 g/mol. The van der Waals surface area contributed by atoms with Crippen LogP contribution in [0.15, 0.2) is 28.9 Å². The van der Waals surface area contributed by atoms with E-state index in [1.54, 1.807) is 0 Å². The maximum absolute atomic E-state index is 5.64. The molecular formula is C14H18BrN3. The fourth-order valence-corrected chi connectivity index (χ4v) is 2.80. The van der Waals surface area contributed by atoms with E-state index in [0.717, 1.165) is 23.0 Å². The Labute approximate surface area is 116 Å². The molecule has 18 heavy (non-hydrogen) atoms. The van der Waals surface area contributed by atoms with Crippen molar-refractivity contribution in [3.05, 3.63) is 45.7 Å². The second-order valence-corrected chi connectivity index (χ2v) is 5.23.